The number of hydrogen-bond donors (Lipinski definition) is 2. The summed E-state index contributed by atoms with van der Waals surface area (Å²) in [7, 11) is 0. The van der Waals surface area contributed by atoms with Crippen molar-refractivity contribution in [1.29, 1.82) is 0 Å². The number of hydrazone groups is 1. The first kappa shape index (κ1) is 27.4. The lowest BCUT2D eigenvalue weighted by Crippen LogP contribution is -2.32. The number of allylic oxidation sites excluding steroid dienone is 1. The third-order valence-electron chi connectivity index (χ3n) is 5.44. The molecular formula is C27H45N3S. The summed E-state index contributed by atoms with van der Waals surface area (Å²) >= 11 is 5.28. The highest BCUT2D eigenvalue weighted by Crippen LogP contribution is 2.12. The van der Waals surface area contributed by atoms with Crippen LogP contribution in [0.15, 0.2) is 41.0 Å². The van der Waals surface area contributed by atoms with Crippen molar-refractivity contribution >= 4 is 29.6 Å². The van der Waals surface area contributed by atoms with Crippen molar-refractivity contribution in [2.45, 2.75) is 104 Å². The van der Waals surface area contributed by atoms with Gasteiger partial charge in [-0.3, -0.25) is 5.43 Å². The minimum atomic E-state index is 0.596. The second-order valence-corrected chi connectivity index (χ2v) is 8.93. The lowest BCUT2D eigenvalue weighted by Gasteiger charge is -2.07. The summed E-state index contributed by atoms with van der Waals surface area (Å²) in [6, 6.07) is 10.2. The van der Waals surface area contributed by atoms with Crippen LogP contribution in [0.3, 0.4) is 0 Å². The van der Waals surface area contributed by atoms with Gasteiger partial charge in [-0.2, -0.15) is 5.10 Å². The van der Waals surface area contributed by atoms with Gasteiger partial charge in [-0.15, -0.1) is 0 Å². The fourth-order valence-electron chi connectivity index (χ4n) is 3.60. The Labute approximate surface area is 197 Å². The van der Waals surface area contributed by atoms with E-state index in [2.05, 4.69) is 41.0 Å². The van der Waals surface area contributed by atoms with Crippen LogP contribution in [0.1, 0.15) is 109 Å². The van der Waals surface area contributed by atoms with Crippen LogP contribution in [0.25, 0.3) is 6.08 Å². The third-order valence-corrected chi connectivity index (χ3v) is 5.68. The normalized spacial score (nSPS) is 11.7. The van der Waals surface area contributed by atoms with Crippen molar-refractivity contribution in [3.8, 4) is 0 Å². The van der Waals surface area contributed by atoms with Crippen LogP contribution in [0.4, 0.5) is 0 Å². The van der Waals surface area contributed by atoms with Gasteiger partial charge in [0.05, 0.1) is 6.21 Å². The topological polar surface area (TPSA) is 36.4 Å². The van der Waals surface area contributed by atoms with Gasteiger partial charge in [-0.1, -0.05) is 127 Å². The molecule has 0 saturated carbocycles. The van der Waals surface area contributed by atoms with E-state index in [1.807, 2.05) is 25.1 Å². The molecule has 1 aromatic carbocycles. The van der Waals surface area contributed by atoms with E-state index < -0.39 is 0 Å². The molecule has 0 aliphatic rings. The van der Waals surface area contributed by atoms with Gasteiger partial charge >= 0.3 is 0 Å². The van der Waals surface area contributed by atoms with Gasteiger partial charge in [-0.05, 0) is 36.7 Å². The van der Waals surface area contributed by atoms with E-state index in [1.165, 1.54) is 89.0 Å². The largest absolute Gasteiger partial charge is 0.361 e. The second kappa shape index (κ2) is 20.2. The molecule has 0 saturated heterocycles. The van der Waals surface area contributed by atoms with Crippen molar-refractivity contribution in [3.05, 3.63) is 41.5 Å². The third kappa shape index (κ3) is 17.7. The van der Waals surface area contributed by atoms with E-state index in [4.69, 9.17) is 12.2 Å². The first-order valence-corrected chi connectivity index (χ1v) is 12.9. The second-order valence-electron chi connectivity index (χ2n) is 8.52. The predicted octanol–water partition coefficient (Wildman–Crippen LogP) is 8.02. The molecule has 0 aliphatic carbocycles. The number of nitrogens with one attached hydrogen (secondary N) is 2. The maximum absolute atomic E-state index is 5.28. The SMILES string of the molecule is CCCCCCCCCCCCCCCCNC(=S)N/N=C/C(C)=C\c1ccccc1. The molecule has 1 rings (SSSR count). The Morgan fingerprint density at radius 1 is 0.806 bits per heavy atom. The van der Waals surface area contributed by atoms with E-state index in [0.29, 0.717) is 5.11 Å². The van der Waals surface area contributed by atoms with E-state index in [0.717, 1.165) is 18.5 Å². The maximum atomic E-state index is 5.28. The molecule has 0 atom stereocenters. The minimum absolute atomic E-state index is 0.596. The van der Waals surface area contributed by atoms with E-state index in [9.17, 15) is 0 Å². The molecule has 0 aliphatic heterocycles. The number of rotatable bonds is 18. The van der Waals surface area contributed by atoms with Gasteiger partial charge in [0.15, 0.2) is 5.11 Å². The first-order chi connectivity index (χ1) is 15.2. The quantitative estimate of drug-likeness (QED) is 0.104. The molecule has 0 fully saturated rings. The Kier molecular flexibility index (Phi) is 17.9. The molecular weight excluding hydrogens is 398 g/mol. The van der Waals surface area contributed by atoms with Crippen LogP contribution in [0.5, 0.6) is 0 Å². The molecule has 4 heteroatoms. The summed E-state index contributed by atoms with van der Waals surface area (Å²) in [5.74, 6) is 0. The Hall–Kier alpha value is -1.68. The van der Waals surface area contributed by atoms with E-state index in [1.54, 1.807) is 6.21 Å². The molecule has 0 bridgehead atoms. The molecule has 0 spiro atoms. The highest BCUT2D eigenvalue weighted by molar-refractivity contribution is 7.80. The predicted molar refractivity (Wildman–Crippen MR) is 143 cm³/mol. The Balaban J connectivity index is 1.89. The number of hydrogen-bond acceptors (Lipinski definition) is 2. The molecule has 0 radical (unpaired) electrons. The molecule has 174 valence electrons. The molecule has 31 heavy (non-hydrogen) atoms. The monoisotopic (exact) mass is 443 g/mol. The average Bonchev–Trinajstić information content (AvgIpc) is 2.77. The lowest BCUT2D eigenvalue weighted by molar-refractivity contribution is 0.535. The number of benzene rings is 1. The van der Waals surface area contributed by atoms with Gasteiger partial charge in [0.2, 0.25) is 0 Å². The highest BCUT2D eigenvalue weighted by atomic mass is 32.1. The fraction of sp³-hybridized carbons (Fsp3) is 0.630. The summed E-state index contributed by atoms with van der Waals surface area (Å²) in [4.78, 5) is 0. The van der Waals surface area contributed by atoms with Crippen molar-refractivity contribution in [3.63, 3.8) is 0 Å². The number of unbranched alkanes of at least 4 members (excludes halogenated alkanes) is 13. The first-order valence-electron chi connectivity index (χ1n) is 12.5. The Morgan fingerprint density at radius 2 is 1.32 bits per heavy atom. The van der Waals surface area contributed by atoms with Crippen LogP contribution in [0.2, 0.25) is 0 Å². The summed E-state index contributed by atoms with van der Waals surface area (Å²) < 4.78 is 0. The fourth-order valence-corrected chi connectivity index (χ4v) is 3.76. The molecule has 0 unspecified atom stereocenters. The Morgan fingerprint density at radius 3 is 1.87 bits per heavy atom. The molecule has 3 nitrogen and oxygen atoms in total. The minimum Gasteiger partial charge on any atom is -0.361 e. The van der Waals surface area contributed by atoms with Crippen molar-refractivity contribution < 1.29 is 0 Å². The summed E-state index contributed by atoms with van der Waals surface area (Å²) in [5.41, 5.74) is 5.15. The van der Waals surface area contributed by atoms with Crippen molar-refractivity contribution in [1.82, 2.24) is 10.7 Å². The van der Waals surface area contributed by atoms with Gasteiger partial charge in [0.1, 0.15) is 0 Å². The van der Waals surface area contributed by atoms with Crippen LogP contribution < -0.4 is 10.7 Å². The maximum Gasteiger partial charge on any atom is 0.186 e. The molecule has 0 heterocycles. The van der Waals surface area contributed by atoms with Crippen LogP contribution in [0, 0.1) is 0 Å². The van der Waals surface area contributed by atoms with Crippen molar-refractivity contribution in [2.24, 2.45) is 5.10 Å². The van der Waals surface area contributed by atoms with Crippen molar-refractivity contribution in [2.75, 3.05) is 6.54 Å². The smallest absolute Gasteiger partial charge is 0.186 e. The summed E-state index contributed by atoms with van der Waals surface area (Å²) in [6.07, 6.45) is 23.2. The lowest BCUT2D eigenvalue weighted by atomic mass is 10.0. The highest BCUT2D eigenvalue weighted by Gasteiger charge is 1.96. The average molecular weight is 444 g/mol. The summed E-state index contributed by atoms with van der Waals surface area (Å²) in [5, 5.41) is 8.04. The number of nitrogens with zero attached hydrogens (tertiary/aromatic N) is 1. The zero-order valence-electron chi connectivity index (χ0n) is 20.0. The van der Waals surface area contributed by atoms with Gasteiger partial charge in [0, 0.05) is 6.54 Å². The van der Waals surface area contributed by atoms with Crippen LogP contribution >= 0.6 is 12.2 Å². The van der Waals surface area contributed by atoms with E-state index in [-0.39, 0.29) is 0 Å². The number of thiocarbonyl (C=S) groups is 1. The van der Waals surface area contributed by atoms with E-state index >= 15 is 0 Å². The molecule has 0 aromatic heterocycles. The van der Waals surface area contributed by atoms with Gasteiger partial charge < -0.3 is 5.32 Å². The Bertz CT molecular complexity index is 610. The molecule has 1 aromatic rings. The van der Waals surface area contributed by atoms with Gasteiger partial charge in [-0.25, -0.2) is 0 Å². The molecule has 2 N–H and O–H groups in total. The zero-order valence-corrected chi connectivity index (χ0v) is 20.8. The van der Waals surface area contributed by atoms with Gasteiger partial charge in [0.25, 0.3) is 0 Å². The zero-order chi connectivity index (χ0) is 22.4. The van der Waals surface area contributed by atoms with Crippen LogP contribution in [-0.2, 0) is 0 Å². The molecule has 0 amide bonds. The van der Waals surface area contributed by atoms with Crippen LogP contribution in [-0.4, -0.2) is 17.9 Å². The summed E-state index contributed by atoms with van der Waals surface area (Å²) in [6.45, 7) is 5.23. The standard InChI is InChI=1S/C27H45N3S/c1-3-4-5-6-7-8-9-10-11-12-13-14-15-19-22-28-27(31)30-29-24-25(2)23-26-20-17-16-18-21-26/h16-18,20-21,23-24H,3-15,19,22H2,1-2H3,(H2,28,30,31)/b25-23-,29-24+.